The van der Waals surface area contributed by atoms with Crippen molar-refractivity contribution in [2.75, 3.05) is 20.2 Å². The molecule has 1 heterocycles. The number of hydrogen-bond acceptors (Lipinski definition) is 5. The van der Waals surface area contributed by atoms with Crippen LogP contribution in [0.15, 0.2) is 0 Å². The van der Waals surface area contributed by atoms with E-state index in [1.807, 2.05) is 20.8 Å². The van der Waals surface area contributed by atoms with Gasteiger partial charge < -0.3 is 20.1 Å². The Kier molecular flexibility index (Phi) is 8.11. The van der Waals surface area contributed by atoms with Crippen molar-refractivity contribution in [3.8, 4) is 0 Å². The van der Waals surface area contributed by atoms with Gasteiger partial charge in [-0.25, -0.2) is 4.79 Å². The van der Waals surface area contributed by atoms with Crippen LogP contribution in [0, 0.1) is 0 Å². The number of carbonyl (C=O) groups is 2. The maximum Gasteiger partial charge on any atom is 0.407 e. The second-order valence-corrected chi connectivity index (χ2v) is 4.99. The van der Waals surface area contributed by atoms with Crippen LogP contribution in [0.25, 0.3) is 0 Å². The number of hydrogen-bond donors (Lipinski definition) is 2. The van der Waals surface area contributed by atoms with Crippen molar-refractivity contribution in [2.24, 2.45) is 0 Å². The van der Waals surface area contributed by atoms with Crippen molar-refractivity contribution in [2.45, 2.75) is 45.3 Å². The van der Waals surface area contributed by atoms with Crippen LogP contribution in [0.3, 0.4) is 0 Å². The first-order valence-electron chi connectivity index (χ1n) is 6.05. The first kappa shape index (κ1) is 16.7. The van der Waals surface area contributed by atoms with Gasteiger partial charge in [-0.15, -0.1) is 0 Å². The van der Waals surface area contributed by atoms with E-state index in [0.717, 1.165) is 25.9 Å². The molecule has 1 aliphatic rings. The van der Waals surface area contributed by atoms with E-state index in [0.29, 0.717) is 12.5 Å². The van der Waals surface area contributed by atoms with Gasteiger partial charge in [-0.3, -0.25) is 4.79 Å². The smallest absolute Gasteiger partial charge is 0.407 e. The van der Waals surface area contributed by atoms with E-state index in [1.165, 1.54) is 7.11 Å². The van der Waals surface area contributed by atoms with Gasteiger partial charge in [0.2, 0.25) is 0 Å². The molecule has 0 unspecified atom stereocenters. The van der Waals surface area contributed by atoms with E-state index in [-0.39, 0.29) is 11.7 Å². The fourth-order valence-electron chi connectivity index (χ4n) is 1.34. The van der Waals surface area contributed by atoms with Crippen LogP contribution in [0.4, 0.5) is 4.79 Å². The molecule has 0 spiro atoms. The van der Waals surface area contributed by atoms with Gasteiger partial charge in [0.1, 0.15) is 5.60 Å². The van der Waals surface area contributed by atoms with Crippen molar-refractivity contribution < 1.29 is 19.1 Å². The van der Waals surface area contributed by atoms with Crippen LogP contribution in [0.1, 0.15) is 33.6 Å². The van der Waals surface area contributed by atoms with Crippen molar-refractivity contribution in [3.05, 3.63) is 0 Å². The van der Waals surface area contributed by atoms with Crippen LogP contribution >= 0.6 is 0 Å². The highest BCUT2D eigenvalue weighted by molar-refractivity contribution is 5.67. The van der Waals surface area contributed by atoms with Gasteiger partial charge in [0.05, 0.1) is 7.11 Å². The Balaban J connectivity index is 0.000000360. The zero-order valence-electron chi connectivity index (χ0n) is 11.6. The Morgan fingerprint density at radius 1 is 1.33 bits per heavy atom. The summed E-state index contributed by atoms with van der Waals surface area (Å²) in [6.07, 6.45) is 1.67. The van der Waals surface area contributed by atoms with Gasteiger partial charge >= 0.3 is 6.09 Å². The molecule has 0 aromatic rings. The largest absolute Gasteiger partial charge is 0.462 e. The summed E-state index contributed by atoms with van der Waals surface area (Å²) in [6, 6.07) is 0.295. The molecular weight excluding hydrogens is 236 g/mol. The summed E-state index contributed by atoms with van der Waals surface area (Å²) < 4.78 is 9.03. The molecule has 0 aliphatic carbocycles. The van der Waals surface area contributed by atoms with Crippen molar-refractivity contribution in [1.29, 1.82) is 0 Å². The molecule has 0 bridgehead atoms. The predicted octanol–water partition coefficient (Wildman–Crippen LogP) is 1.05. The third-order valence-corrected chi connectivity index (χ3v) is 2.25. The summed E-state index contributed by atoms with van der Waals surface area (Å²) in [5, 5.41) is 5.98. The molecular formula is C12H24N2O4. The molecule has 0 aromatic heterocycles. The fourth-order valence-corrected chi connectivity index (χ4v) is 1.34. The van der Waals surface area contributed by atoms with Crippen LogP contribution in [-0.4, -0.2) is 44.4 Å². The number of amides is 1. The molecule has 6 nitrogen and oxygen atoms in total. The summed E-state index contributed by atoms with van der Waals surface area (Å²) in [4.78, 5) is 20.3. The van der Waals surface area contributed by atoms with Gasteiger partial charge in [0.25, 0.3) is 6.47 Å². The summed E-state index contributed by atoms with van der Waals surface area (Å²) in [7, 11) is 1.39. The summed E-state index contributed by atoms with van der Waals surface area (Å²) >= 11 is 0. The minimum atomic E-state index is -0.322. The minimum Gasteiger partial charge on any atom is -0.462 e. The molecule has 1 saturated heterocycles. The van der Waals surface area contributed by atoms with E-state index in [9.17, 15) is 9.59 Å². The molecule has 106 valence electrons. The van der Waals surface area contributed by atoms with Crippen LogP contribution in [0.5, 0.6) is 0 Å². The second-order valence-electron chi connectivity index (χ2n) is 4.99. The Morgan fingerprint density at radius 2 is 1.89 bits per heavy atom. The Labute approximate surface area is 108 Å². The van der Waals surface area contributed by atoms with E-state index in [4.69, 9.17) is 0 Å². The Morgan fingerprint density at radius 3 is 2.22 bits per heavy atom. The SMILES string of the molecule is CC(C)(C)OC=O.COC(=O)NC1CCNCC1. The summed E-state index contributed by atoms with van der Waals surface area (Å²) in [5.74, 6) is 0. The van der Waals surface area contributed by atoms with Crippen molar-refractivity contribution in [1.82, 2.24) is 10.6 Å². The maximum atomic E-state index is 10.7. The molecule has 1 amide bonds. The third kappa shape index (κ3) is 9.89. The third-order valence-electron chi connectivity index (χ3n) is 2.25. The Hall–Kier alpha value is -1.30. The lowest BCUT2D eigenvalue weighted by atomic mass is 10.1. The van der Waals surface area contributed by atoms with Gasteiger partial charge in [-0.1, -0.05) is 0 Å². The maximum absolute atomic E-state index is 10.7. The highest BCUT2D eigenvalue weighted by Gasteiger charge is 2.14. The van der Waals surface area contributed by atoms with Crippen LogP contribution < -0.4 is 10.6 Å². The monoisotopic (exact) mass is 260 g/mol. The lowest BCUT2D eigenvalue weighted by molar-refractivity contribution is -0.138. The second kappa shape index (κ2) is 8.74. The highest BCUT2D eigenvalue weighted by Crippen LogP contribution is 2.02. The number of nitrogens with one attached hydrogen (secondary N) is 2. The van der Waals surface area contributed by atoms with E-state index in [1.54, 1.807) is 0 Å². The van der Waals surface area contributed by atoms with Crippen molar-refractivity contribution >= 4 is 12.6 Å². The normalized spacial score (nSPS) is 16.0. The number of ether oxygens (including phenoxy) is 2. The number of methoxy groups -OCH3 is 1. The molecule has 0 saturated carbocycles. The van der Waals surface area contributed by atoms with E-state index < -0.39 is 0 Å². The molecule has 1 rings (SSSR count). The molecule has 18 heavy (non-hydrogen) atoms. The number of carbonyl (C=O) groups excluding carboxylic acids is 2. The first-order valence-corrected chi connectivity index (χ1v) is 6.05. The average Bonchev–Trinajstić information content (AvgIpc) is 2.29. The zero-order valence-corrected chi connectivity index (χ0v) is 11.6. The van der Waals surface area contributed by atoms with Gasteiger partial charge in [-0.2, -0.15) is 0 Å². The lowest BCUT2D eigenvalue weighted by Gasteiger charge is -2.22. The zero-order chi connectivity index (χ0) is 14.0. The van der Waals surface area contributed by atoms with E-state index >= 15 is 0 Å². The summed E-state index contributed by atoms with van der Waals surface area (Å²) in [6.45, 7) is 7.88. The number of rotatable bonds is 2. The standard InChI is InChI=1S/C7H14N2O2.C5H10O2/c1-11-7(10)9-6-2-4-8-5-3-6;1-5(2,3)7-4-6/h6,8H,2-5H2,1H3,(H,9,10);4H,1-3H3. The first-order chi connectivity index (χ1) is 8.39. The van der Waals surface area contributed by atoms with Crippen molar-refractivity contribution in [3.63, 3.8) is 0 Å². The van der Waals surface area contributed by atoms with E-state index in [2.05, 4.69) is 20.1 Å². The van der Waals surface area contributed by atoms with Gasteiger partial charge in [0.15, 0.2) is 0 Å². The molecule has 6 heteroatoms. The van der Waals surface area contributed by atoms with Crippen LogP contribution in [0.2, 0.25) is 0 Å². The molecule has 1 aliphatic heterocycles. The molecule has 0 aromatic carbocycles. The number of piperidine rings is 1. The predicted molar refractivity (Wildman–Crippen MR) is 68.3 cm³/mol. The lowest BCUT2D eigenvalue weighted by Crippen LogP contribution is -2.42. The molecule has 1 fully saturated rings. The average molecular weight is 260 g/mol. The topological polar surface area (TPSA) is 76.7 Å². The summed E-state index contributed by atoms with van der Waals surface area (Å²) in [5.41, 5.74) is -0.318. The fraction of sp³-hybridized carbons (Fsp3) is 0.833. The molecule has 0 atom stereocenters. The molecule has 2 N–H and O–H groups in total. The Bertz CT molecular complexity index is 245. The van der Waals surface area contributed by atoms with Crippen LogP contribution in [-0.2, 0) is 14.3 Å². The minimum absolute atomic E-state index is 0.295. The quantitative estimate of drug-likeness (QED) is 0.726. The number of alkyl carbamates (subject to hydrolysis) is 1. The molecule has 0 radical (unpaired) electrons. The van der Waals surface area contributed by atoms with Gasteiger partial charge in [-0.05, 0) is 46.7 Å². The van der Waals surface area contributed by atoms with Gasteiger partial charge in [0, 0.05) is 6.04 Å². The highest BCUT2D eigenvalue weighted by atomic mass is 16.5.